The molecule has 6 heteroatoms. The van der Waals surface area contributed by atoms with Gasteiger partial charge in [-0.15, -0.1) is 0 Å². The average molecular weight is 375 g/mol. The second-order valence-corrected chi connectivity index (χ2v) is 6.06. The minimum Gasteiger partial charge on any atom is -0.493 e. The van der Waals surface area contributed by atoms with Crippen LogP contribution in [0.25, 0.3) is 6.08 Å². The fourth-order valence-electron chi connectivity index (χ4n) is 2.50. The van der Waals surface area contributed by atoms with Gasteiger partial charge in [0.2, 0.25) is 6.79 Å². The zero-order chi connectivity index (χ0) is 18.5. The number of allylic oxidation sites excluding steroid dienone is 1. The smallest absolute Gasteiger partial charge is 0.231 e. The summed E-state index contributed by atoms with van der Waals surface area (Å²) in [6.07, 6.45) is 4.03. The van der Waals surface area contributed by atoms with E-state index in [0.29, 0.717) is 40.2 Å². The second-order valence-electron chi connectivity index (χ2n) is 5.65. The number of fused-ring (bicyclic) bond motifs is 1. The van der Waals surface area contributed by atoms with E-state index in [-0.39, 0.29) is 12.6 Å². The molecule has 1 aliphatic heterocycles. The van der Waals surface area contributed by atoms with Gasteiger partial charge in [-0.2, -0.15) is 0 Å². The number of halogens is 1. The first-order valence-corrected chi connectivity index (χ1v) is 8.62. The molecule has 1 aliphatic rings. The van der Waals surface area contributed by atoms with Crippen LogP contribution in [0, 0.1) is 0 Å². The predicted molar refractivity (Wildman–Crippen MR) is 99.7 cm³/mol. The third-order valence-corrected chi connectivity index (χ3v) is 4.07. The lowest BCUT2D eigenvalue weighted by atomic mass is 10.1. The van der Waals surface area contributed by atoms with Gasteiger partial charge in [0.1, 0.15) is 0 Å². The van der Waals surface area contributed by atoms with Crippen LogP contribution >= 0.6 is 11.6 Å². The number of carbonyl (C=O) groups is 1. The first kappa shape index (κ1) is 18.1. The Kier molecular flexibility index (Phi) is 5.68. The summed E-state index contributed by atoms with van der Waals surface area (Å²) < 4.78 is 21.5. The number of hydrogen-bond acceptors (Lipinski definition) is 5. The molecule has 3 rings (SSSR count). The van der Waals surface area contributed by atoms with E-state index in [9.17, 15) is 4.79 Å². The summed E-state index contributed by atoms with van der Waals surface area (Å²) in [5.41, 5.74) is 1.26. The van der Waals surface area contributed by atoms with Crippen molar-refractivity contribution < 1.29 is 23.7 Å². The summed E-state index contributed by atoms with van der Waals surface area (Å²) in [5, 5.41) is 0.438. The monoisotopic (exact) mass is 374 g/mol. The van der Waals surface area contributed by atoms with Gasteiger partial charge in [-0.1, -0.05) is 24.6 Å². The van der Waals surface area contributed by atoms with E-state index < -0.39 is 0 Å². The van der Waals surface area contributed by atoms with Crippen LogP contribution in [-0.2, 0) is 0 Å². The predicted octanol–water partition coefficient (Wildman–Crippen LogP) is 4.76. The lowest BCUT2D eigenvalue weighted by Crippen LogP contribution is -1.99. The van der Waals surface area contributed by atoms with E-state index in [0.717, 1.165) is 12.0 Å². The highest BCUT2D eigenvalue weighted by molar-refractivity contribution is 6.32. The first-order valence-electron chi connectivity index (χ1n) is 8.24. The number of rotatable bonds is 7. The van der Waals surface area contributed by atoms with Crippen molar-refractivity contribution in [3.63, 3.8) is 0 Å². The molecule has 136 valence electrons. The van der Waals surface area contributed by atoms with Crippen molar-refractivity contribution in [1.29, 1.82) is 0 Å². The molecular formula is C20H19ClO5. The molecule has 5 nitrogen and oxygen atoms in total. The van der Waals surface area contributed by atoms with Crippen molar-refractivity contribution in [2.45, 2.75) is 13.3 Å². The van der Waals surface area contributed by atoms with Crippen LogP contribution in [0.5, 0.6) is 23.0 Å². The lowest BCUT2D eigenvalue weighted by Gasteiger charge is -2.12. The summed E-state index contributed by atoms with van der Waals surface area (Å²) in [4.78, 5) is 12.4. The Morgan fingerprint density at radius 1 is 1.23 bits per heavy atom. The van der Waals surface area contributed by atoms with Gasteiger partial charge in [-0.05, 0) is 48.4 Å². The van der Waals surface area contributed by atoms with Gasteiger partial charge in [0.15, 0.2) is 28.8 Å². The molecule has 2 aromatic carbocycles. The SMILES string of the molecule is CCCOc1c(Cl)cc(/C=C/C(=O)c2ccc3c(c2)OCO3)cc1OC. The largest absolute Gasteiger partial charge is 0.493 e. The number of benzene rings is 2. The summed E-state index contributed by atoms with van der Waals surface area (Å²) in [5.74, 6) is 2.11. The minimum absolute atomic E-state index is 0.148. The number of ether oxygens (including phenoxy) is 4. The maximum absolute atomic E-state index is 12.4. The maximum atomic E-state index is 12.4. The van der Waals surface area contributed by atoms with Crippen LogP contribution in [0.15, 0.2) is 36.4 Å². The van der Waals surface area contributed by atoms with Gasteiger partial charge in [-0.25, -0.2) is 0 Å². The molecule has 1 heterocycles. The second kappa shape index (κ2) is 8.15. The van der Waals surface area contributed by atoms with E-state index in [4.69, 9.17) is 30.5 Å². The van der Waals surface area contributed by atoms with Crippen LogP contribution in [0.4, 0.5) is 0 Å². The molecule has 0 aromatic heterocycles. The summed E-state index contributed by atoms with van der Waals surface area (Å²) in [6.45, 7) is 2.74. The number of carbonyl (C=O) groups excluding carboxylic acids is 1. The Balaban J connectivity index is 1.79. The Bertz CT molecular complexity index is 844. The molecule has 0 atom stereocenters. The van der Waals surface area contributed by atoms with Gasteiger partial charge >= 0.3 is 0 Å². The first-order chi connectivity index (χ1) is 12.6. The van der Waals surface area contributed by atoms with Crippen LogP contribution in [0.3, 0.4) is 0 Å². The molecule has 0 fully saturated rings. The molecule has 0 radical (unpaired) electrons. The van der Waals surface area contributed by atoms with Gasteiger partial charge in [-0.3, -0.25) is 4.79 Å². The van der Waals surface area contributed by atoms with Gasteiger partial charge < -0.3 is 18.9 Å². The highest BCUT2D eigenvalue weighted by Gasteiger charge is 2.15. The third-order valence-electron chi connectivity index (χ3n) is 3.79. The minimum atomic E-state index is -0.148. The molecule has 0 bridgehead atoms. The highest BCUT2D eigenvalue weighted by atomic mass is 35.5. The Labute approximate surface area is 157 Å². The molecule has 0 amide bonds. The number of ketones is 1. The van der Waals surface area contributed by atoms with E-state index >= 15 is 0 Å². The van der Waals surface area contributed by atoms with Crippen LogP contribution < -0.4 is 18.9 Å². The van der Waals surface area contributed by atoms with Crippen LogP contribution in [0.1, 0.15) is 29.3 Å². The van der Waals surface area contributed by atoms with E-state index in [1.165, 1.54) is 6.08 Å². The Morgan fingerprint density at radius 2 is 2.04 bits per heavy atom. The molecule has 2 aromatic rings. The van der Waals surface area contributed by atoms with Gasteiger partial charge in [0, 0.05) is 5.56 Å². The molecular weight excluding hydrogens is 356 g/mol. The molecule has 0 N–H and O–H groups in total. The number of methoxy groups -OCH3 is 1. The topological polar surface area (TPSA) is 54.0 Å². The van der Waals surface area contributed by atoms with Crippen molar-refractivity contribution in [2.75, 3.05) is 20.5 Å². The van der Waals surface area contributed by atoms with Crippen molar-refractivity contribution in [2.24, 2.45) is 0 Å². The molecule has 0 unspecified atom stereocenters. The molecule has 0 spiro atoms. The van der Waals surface area contributed by atoms with Crippen LogP contribution in [0.2, 0.25) is 5.02 Å². The standard InChI is InChI=1S/C20H19ClO5/c1-3-8-24-20-15(21)9-13(10-19(20)23-2)4-6-16(22)14-5-7-17-18(11-14)26-12-25-17/h4-7,9-11H,3,8,12H2,1-2H3/b6-4+. The number of hydrogen-bond donors (Lipinski definition) is 0. The quantitative estimate of drug-likeness (QED) is 0.516. The summed E-state index contributed by atoms with van der Waals surface area (Å²) in [6, 6.07) is 8.61. The molecule has 0 saturated heterocycles. The summed E-state index contributed by atoms with van der Waals surface area (Å²) in [7, 11) is 1.55. The van der Waals surface area contributed by atoms with Gasteiger partial charge in [0.05, 0.1) is 18.7 Å². The lowest BCUT2D eigenvalue weighted by molar-refractivity contribution is 0.104. The van der Waals surface area contributed by atoms with E-state index in [1.807, 2.05) is 6.92 Å². The third kappa shape index (κ3) is 3.94. The Hall–Kier alpha value is -2.66. The summed E-state index contributed by atoms with van der Waals surface area (Å²) >= 11 is 6.29. The van der Waals surface area contributed by atoms with E-state index in [2.05, 4.69) is 0 Å². The highest BCUT2D eigenvalue weighted by Crippen LogP contribution is 2.37. The maximum Gasteiger partial charge on any atom is 0.231 e. The van der Waals surface area contributed by atoms with Crippen molar-refractivity contribution in [3.05, 3.63) is 52.6 Å². The van der Waals surface area contributed by atoms with Crippen molar-refractivity contribution in [1.82, 2.24) is 0 Å². The van der Waals surface area contributed by atoms with E-state index in [1.54, 1.807) is 43.5 Å². The fourth-order valence-corrected chi connectivity index (χ4v) is 2.77. The van der Waals surface area contributed by atoms with Crippen molar-refractivity contribution in [3.8, 4) is 23.0 Å². The normalized spacial score (nSPS) is 12.4. The fraction of sp³-hybridized carbons (Fsp3) is 0.250. The molecule has 0 aliphatic carbocycles. The zero-order valence-corrected chi connectivity index (χ0v) is 15.3. The average Bonchev–Trinajstić information content (AvgIpc) is 3.12. The molecule has 0 saturated carbocycles. The Morgan fingerprint density at radius 3 is 2.81 bits per heavy atom. The molecule has 26 heavy (non-hydrogen) atoms. The van der Waals surface area contributed by atoms with Gasteiger partial charge in [0.25, 0.3) is 0 Å². The van der Waals surface area contributed by atoms with Crippen LogP contribution in [-0.4, -0.2) is 26.3 Å². The zero-order valence-electron chi connectivity index (χ0n) is 14.6. The van der Waals surface area contributed by atoms with Crippen molar-refractivity contribution >= 4 is 23.5 Å².